The fraction of sp³-hybridized carbons (Fsp3) is 0.550. The van der Waals surface area contributed by atoms with Crippen LogP contribution < -0.4 is 4.90 Å². The van der Waals surface area contributed by atoms with Crippen LogP contribution in [0, 0.1) is 5.82 Å². The van der Waals surface area contributed by atoms with Crippen LogP contribution in [-0.4, -0.2) is 71.7 Å². The molecule has 1 aromatic heterocycles. The zero-order chi connectivity index (χ0) is 22.2. The molecule has 0 N–H and O–H groups in total. The van der Waals surface area contributed by atoms with Crippen LogP contribution in [0.25, 0.3) is 10.9 Å². The number of halogens is 3. The van der Waals surface area contributed by atoms with Crippen LogP contribution in [0.15, 0.2) is 10.5 Å². The van der Waals surface area contributed by atoms with Gasteiger partial charge in [0.05, 0.1) is 16.0 Å². The molecule has 0 atom stereocenters. The quantitative estimate of drug-likeness (QED) is 0.583. The van der Waals surface area contributed by atoms with Gasteiger partial charge in [0.25, 0.3) is 0 Å². The number of rotatable bonds is 3. The third kappa shape index (κ3) is 5.12. The number of piperazine rings is 1. The Morgan fingerprint density at radius 3 is 2.47 bits per heavy atom. The molecular formula is C20H26BrClFN5O2. The summed E-state index contributed by atoms with van der Waals surface area (Å²) in [4.78, 5) is 27.1. The highest BCUT2D eigenvalue weighted by Gasteiger charge is 2.28. The molecule has 30 heavy (non-hydrogen) atoms. The molecule has 3 rings (SSSR count). The van der Waals surface area contributed by atoms with Crippen LogP contribution in [0.2, 0.25) is 5.02 Å². The predicted molar refractivity (Wildman–Crippen MR) is 120 cm³/mol. The lowest BCUT2D eigenvalue weighted by Gasteiger charge is -2.36. The average molecular weight is 503 g/mol. The lowest BCUT2D eigenvalue weighted by molar-refractivity contribution is 0.0240. The molecule has 0 bridgehead atoms. The van der Waals surface area contributed by atoms with Crippen molar-refractivity contribution in [3.8, 4) is 0 Å². The molecule has 1 aliphatic rings. The van der Waals surface area contributed by atoms with Crippen LogP contribution >= 0.6 is 27.5 Å². The highest BCUT2D eigenvalue weighted by Crippen LogP contribution is 2.35. The molecule has 0 saturated carbocycles. The van der Waals surface area contributed by atoms with Gasteiger partial charge in [0.1, 0.15) is 22.8 Å². The topological polar surface area (TPSA) is 61.8 Å². The first-order chi connectivity index (χ1) is 14.0. The van der Waals surface area contributed by atoms with Gasteiger partial charge in [-0.05, 0) is 56.9 Å². The van der Waals surface area contributed by atoms with E-state index in [1.54, 1.807) is 11.0 Å². The maximum Gasteiger partial charge on any atom is 0.410 e. The van der Waals surface area contributed by atoms with Gasteiger partial charge >= 0.3 is 6.09 Å². The molecule has 2 aromatic rings. The Morgan fingerprint density at radius 2 is 1.90 bits per heavy atom. The summed E-state index contributed by atoms with van der Waals surface area (Å²) in [6.45, 7) is 8.06. The third-order valence-electron chi connectivity index (χ3n) is 4.54. The van der Waals surface area contributed by atoms with Crippen molar-refractivity contribution in [3.05, 3.63) is 27.2 Å². The van der Waals surface area contributed by atoms with Crippen molar-refractivity contribution in [2.45, 2.75) is 32.9 Å². The second-order valence-corrected chi connectivity index (χ2v) is 9.74. The van der Waals surface area contributed by atoms with E-state index in [1.807, 2.05) is 44.7 Å². The molecule has 0 radical (unpaired) electrons. The smallest absolute Gasteiger partial charge is 0.410 e. The molecule has 0 unspecified atom stereocenters. The van der Waals surface area contributed by atoms with E-state index < -0.39 is 11.4 Å². The van der Waals surface area contributed by atoms with Gasteiger partial charge in [0.15, 0.2) is 5.82 Å². The first-order valence-electron chi connectivity index (χ1n) is 9.68. The van der Waals surface area contributed by atoms with E-state index in [0.29, 0.717) is 49.8 Å². The number of fused-ring (bicyclic) bond motifs is 1. The van der Waals surface area contributed by atoms with E-state index in [1.165, 1.54) is 0 Å². The van der Waals surface area contributed by atoms with Gasteiger partial charge in [0.2, 0.25) is 0 Å². The molecule has 164 valence electrons. The maximum absolute atomic E-state index is 14.9. The molecule has 1 aromatic carbocycles. The zero-order valence-electron chi connectivity index (χ0n) is 17.8. The lowest BCUT2D eigenvalue weighted by atomic mass is 10.2. The van der Waals surface area contributed by atoms with Crippen molar-refractivity contribution in [2.24, 2.45) is 0 Å². The van der Waals surface area contributed by atoms with Crippen LogP contribution in [0.5, 0.6) is 0 Å². The van der Waals surface area contributed by atoms with Crippen LogP contribution in [0.1, 0.15) is 26.6 Å². The summed E-state index contributed by atoms with van der Waals surface area (Å²) >= 11 is 9.41. The van der Waals surface area contributed by atoms with E-state index >= 15 is 0 Å². The van der Waals surface area contributed by atoms with E-state index in [-0.39, 0.29) is 21.1 Å². The molecule has 2 heterocycles. The number of hydrogen-bond acceptors (Lipinski definition) is 6. The van der Waals surface area contributed by atoms with Crippen molar-refractivity contribution >= 4 is 50.3 Å². The molecular weight excluding hydrogens is 477 g/mol. The van der Waals surface area contributed by atoms with Crippen LogP contribution in [0.4, 0.5) is 15.0 Å². The first kappa shape index (κ1) is 23.0. The third-order valence-corrected chi connectivity index (χ3v) is 5.84. The largest absolute Gasteiger partial charge is 0.444 e. The molecule has 1 fully saturated rings. The predicted octanol–water partition coefficient (Wildman–Crippen LogP) is 4.30. The fourth-order valence-electron chi connectivity index (χ4n) is 3.22. The number of hydrogen-bond donors (Lipinski definition) is 0. The standard InChI is InChI=1S/C20H26BrClFN5O2/c1-20(2,3)30-19(29)28-8-6-27(7-9-28)18-12-10-13(22)15(21)16(23)17(12)24-14(25-18)11-26(4)5/h10H,6-9,11H2,1-5H3. The summed E-state index contributed by atoms with van der Waals surface area (Å²) in [5.41, 5.74) is -0.317. The minimum atomic E-state index is -0.542. The van der Waals surface area contributed by atoms with Gasteiger partial charge in [-0.2, -0.15) is 0 Å². The minimum absolute atomic E-state index is 0.187. The second kappa shape index (κ2) is 8.80. The molecule has 10 heteroatoms. The molecule has 7 nitrogen and oxygen atoms in total. The van der Waals surface area contributed by atoms with Crippen molar-refractivity contribution in [1.29, 1.82) is 0 Å². The Hall–Kier alpha value is -1.71. The summed E-state index contributed by atoms with van der Waals surface area (Å²) in [6.07, 6.45) is -0.332. The number of amides is 1. The molecule has 0 spiro atoms. The minimum Gasteiger partial charge on any atom is -0.444 e. The van der Waals surface area contributed by atoms with Crippen LogP contribution in [-0.2, 0) is 11.3 Å². The van der Waals surface area contributed by atoms with Crippen molar-refractivity contribution in [1.82, 2.24) is 19.8 Å². The lowest BCUT2D eigenvalue weighted by Crippen LogP contribution is -2.50. The van der Waals surface area contributed by atoms with Gasteiger partial charge in [-0.1, -0.05) is 11.6 Å². The van der Waals surface area contributed by atoms with Crippen LogP contribution in [0.3, 0.4) is 0 Å². The Labute approximate surface area is 189 Å². The highest BCUT2D eigenvalue weighted by molar-refractivity contribution is 9.10. The van der Waals surface area contributed by atoms with Gasteiger partial charge in [-0.15, -0.1) is 0 Å². The molecule has 1 saturated heterocycles. The van der Waals surface area contributed by atoms with E-state index in [9.17, 15) is 9.18 Å². The number of nitrogens with zero attached hydrogens (tertiary/aromatic N) is 5. The Morgan fingerprint density at radius 1 is 1.27 bits per heavy atom. The normalized spacial score (nSPS) is 15.2. The number of benzene rings is 1. The number of anilines is 1. The van der Waals surface area contributed by atoms with E-state index in [4.69, 9.17) is 21.3 Å². The maximum atomic E-state index is 14.9. The van der Waals surface area contributed by atoms with Crippen molar-refractivity contribution in [2.75, 3.05) is 45.2 Å². The summed E-state index contributed by atoms with van der Waals surface area (Å²) < 4.78 is 20.6. The van der Waals surface area contributed by atoms with Gasteiger partial charge < -0.3 is 19.4 Å². The van der Waals surface area contributed by atoms with E-state index in [2.05, 4.69) is 20.9 Å². The number of carbonyl (C=O) groups excluding carboxylic acids is 1. The van der Waals surface area contributed by atoms with Crippen molar-refractivity contribution < 1.29 is 13.9 Å². The molecule has 1 aliphatic heterocycles. The van der Waals surface area contributed by atoms with Gasteiger partial charge in [-0.25, -0.2) is 19.2 Å². The summed E-state index contributed by atoms with van der Waals surface area (Å²) in [5.74, 6) is 0.632. The van der Waals surface area contributed by atoms with Gasteiger partial charge in [0, 0.05) is 31.6 Å². The fourth-order valence-corrected chi connectivity index (χ4v) is 3.72. The zero-order valence-corrected chi connectivity index (χ0v) is 20.1. The number of carbonyl (C=O) groups is 1. The molecule has 1 amide bonds. The summed E-state index contributed by atoms with van der Waals surface area (Å²) in [7, 11) is 3.81. The number of ether oxygens (including phenoxy) is 1. The highest BCUT2D eigenvalue weighted by atomic mass is 79.9. The molecule has 0 aliphatic carbocycles. The number of aromatic nitrogens is 2. The van der Waals surface area contributed by atoms with Crippen molar-refractivity contribution in [3.63, 3.8) is 0 Å². The van der Waals surface area contributed by atoms with Gasteiger partial charge in [-0.3, -0.25) is 0 Å². The first-order valence-corrected chi connectivity index (χ1v) is 10.8. The summed E-state index contributed by atoms with van der Waals surface area (Å²) in [6, 6.07) is 1.68. The Bertz CT molecular complexity index is 959. The SMILES string of the molecule is CN(C)Cc1nc(N2CCN(C(=O)OC(C)(C)C)CC2)c2cc(Cl)c(Br)c(F)c2n1. The summed E-state index contributed by atoms with van der Waals surface area (Å²) in [5, 5.41) is 0.812. The Kier molecular flexibility index (Phi) is 6.74. The van der Waals surface area contributed by atoms with E-state index in [0.717, 1.165) is 0 Å². The second-order valence-electron chi connectivity index (χ2n) is 8.54. The monoisotopic (exact) mass is 501 g/mol. The Balaban J connectivity index is 1.92. The average Bonchev–Trinajstić information content (AvgIpc) is 2.65.